The van der Waals surface area contributed by atoms with Crippen molar-refractivity contribution in [2.75, 3.05) is 14.2 Å². The van der Waals surface area contributed by atoms with Gasteiger partial charge in [0.2, 0.25) is 0 Å². The molecular weight excluding hydrogens is 437 g/mol. The Bertz CT molecular complexity index is 1160. The summed E-state index contributed by atoms with van der Waals surface area (Å²) in [5, 5.41) is 4.08. The fourth-order valence-corrected chi connectivity index (χ4v) is 3.37. The molecule has 0 bridgehead atoms. The quantitative estimate of drug-likeness (QED) is 0.515. The third-order valence-electron chi connectivity index (χ3n) is 4.60. The van der Waals surface area contributed by atoms with Crippen LogP contribution in [-0.4, -0.2) is 35.9 Å². The molecule has 6 nitrogen and oxygen atoms in total. The fourth-order valence-electron chi connectivity index (χ4n) is 3.12. The Balaban J connectivity index is 2.38. The number of methoxy groups -OCH3 is 2. The van der Waals surface area contributed by atoms with Crippen LogP contribution in [0.1, 0.15) is 32.0 Å². The Morgan fingerprint density at radius 1 is 1.00 bits per heavy atom. The second kappa shape index (κ2) is 8.43. The summed E-state index contributed by atoms with van der Waals surface area (Å²) in [7, 11) is 2.23. The number of halogens is 4. The van der Waals surface area contributed by atoms with Crippen molar-refractivity contribution in [1.29, 1.82) is 0 Å². The van der Waals surface area contributed by atoms with Gasteiger partial charge in [-0.3, -0.25) is 0 Å². The minimum Gasteiger partial charge on any atom is -0.465 e. The van der Waals surface area contributed by atoms with Crippen molar-refractivity contribution in [3.05, 3.63) is 69.9 Å². The first-order valence-corrected chi connectivity index (χ1v) is 9.21. The van der Waals surface area contributed by atoms with Crippen LogP contribution in [0.2, 0.25) is 5.02 Å². The number of alkyl halides is 3. The number of nitrogens with zero attached hydrogens (tertiary/aromatic N) is 2. The lowest BCUT2D eigenvalue weighted by atomic mass is 9.99. The number of carbonyl (C=O) groups is 2. The van der Waals surface area contributed by atoms with Gasteiger partial charge in [0, 0.05) is 5.56 Å². The van der Waals surface area contributed by atoms with Crippen LogP contribution in [0.25, 0.3) is 16.9 Å². The number of esters is 2. The van der Waals surface area contributed by atoms with Gasteiger partial charge in [0.05, 0.1) is 30.5 Å². The summed E-state index contributed by atoms with van der Waals surface area (Å²) in [6, 6.07) is 10.3. The zero-order valence-corrected chi connectivity index (χ0v) is 17.3. The van der Waals surface area contributed by atoms with E-state index in [0.717, 1.165) is 31.0 Å². The van der Waals surface area contributed by atoms with E-state index in [1.54, 1.807) is 30.3 Å². The van der Waals surface area contributed by atoms with E-state index in [1.807, 2.05) is 0 Å². The van der Waals surface area contributed by atoms with E-state index in [9.17, 15) is 22.8 Å². The number of ether oxygens (including phenoxy) is 2. The van der Waals surface area contributed by atoms with Crippen molar-refractivity contribution in [2.24, 2.45) is 0 Å². The highest BCUT2D eigenvalue weighted by Gasteiger charge is 2.36. The molecule has 162 valence electrons. The Morgan fingerprint density at radius 3 is 2.16 bits per heavy atom. The van der Waals surface area contributed by atoms with Crippen molar-refractivity contribution < 1.29 is 32.2 Å². The first-order valence-electron chi connectivity index (χ1n) is 8.83. The molecule has 1 aromatic heterocycles. The topological polar surface area (TPSA) is 70.4 Å². The molecule has 0 atom stereocenters. The van der Waals surface area contributed by atoms with Crippen molar-refractivity contribution in [3.8, 4) is 16.9 Å². The maximum atomic E-state index is 13.3. The number of aromatic nitrogens is 2. The van der Waals surface area contributed by atoms with Crippen LogP contribution >= 0.6 is 11.6 Å². The van der Waals surface area contributed by atoms with Gasteiger partial charge in [0.1, 0.15) is 11.3 Å². The third kappa shape index (κ3) is 4.00. The summed E-state index contributed by atoms with van der Waals surface area (Å²) in [6.07, 6.45) is -4.61. The maximum absolute atomic E-state index is 13.3. The Labute approximate surface area is 180 Å². The molecule has 0 aliphatic carbocycles. The maximum Gasteiger partial charge on any atom is 0.416 e. The van der Waals surface area contributed by atoms with Gasteiger partial charge in [0.25, 0.3) is 0 Å². The van der Waals surface area contributed by atoms with E-state index < -0.39 is 23.7 Å². The summed E-state index contributed by atoms with van der Waals surface area (Å²) in [4.78, 5) is 25.2. The Hall–Kier alpha value is -3.33. The molecule has 31 heavy (non-hydrogen) atoms. The van der Waals surface area contributed by atoms with Crippen LogP contribution in [-0.2, 0) is 15.7 Å². The molecule has 0 saturated heterocycles. The number of hydrogen-bond acceptors (Lipinski definition) is 5. The second-order valence-corrected chi connectivity index (χ2v) is 6.78. The van der Waals surface area contributed by atoms with E-state index >= 15 is 0 Å². The average Bonchev–Trinajstić information content (AvgIpc) is 3.14. The molecule has 0 aliphatic rings. The van der Waals surface area contributed by atoms with Gasteiger partial charge < -0.3 is 9.47 Å². The monoisotopic (exact) mass is 452 g/mol. The first kappa shape index (κ1) is 22.4. The molecule has 0 fully saturated rings. The van der Waals surface area contributed by atoms with Gasteiger partial charge >= 0.3 is 18.1 Å². The fraction of sp³-hybridized carbons (Fsp3) is 0.190. The summed E-state index contributed by atoms with van der Waals surface area (Å²) in [6.45, 7) is 1.21. The molecular formula is C21H16ClF3N2O4. The summed E-state index contributed by atoms with van der Waals surface area (Å²) in [5.41, 5.74) is -1.35. The largest absolute Gasteiger partial charge is 0.465 e. The van der Waals surface area contributed by atoms with Gasteiger partial charge in [-0.25, -0.2) is 14.3 Å². The molecule has 10 heteroatoms. The average molecular weight is 453 g/mol. The van der Waals surface area contributed by atoms with Crippen LogP contribution in [0.5, 0.6) is 0 Å². The van der Waals surface area contributed by atoms with Crippen LogP contribution < -0.4 is 0 Å². The molecule has 0 saturated carbocycles. The van der Waals surface area contributed by atoms with Gasteiger partial charge in [-0.1, -0.05) is 35.9 Å². The smallest absolute Gasteiger partial charge is 0.416 e. The van der Waals surface area contributed by atoms with Crippen LogP contribution in [0.3, 0.4) is 0 Å². The number of carbonyl (C=O) groups excluding carboxylic acids is 2. The summed E-state index contributed by atoms with van der Waals surface area (Å²) < 4.78 is 50.5. The SMILES string of the molecule is COC(=O)c1c(-c2ccc(C(F)(F)F)c(C)c2Cl)nn(-c2ccccc2)c1C(=O)OC. The lowest BCUT2D eigenvalue weighted by molar-refractivity contribution is -0.138. The van der Waals surface area contributed by atoms with Crippen molar-refractivity contribution in [2.45, 2.75) is 13.1 Å². The van der Waals surface area contributed by atoms with Crippen molar-refractivity contribution >= 4 is 23.5 Å². The molecule has 0 radical (unpaired) electrons. The molecule has 3 rings (SSSR count). The van der Waals surface area contributed by atoms with Gasteiger partial charge in [-0.15, -0.1) is 0 Å². The standard InChI is InChI=1S/C21H16ClF3N2O4/c1-11-14(21(23,24)25)10-9-13(16(11)22)17-15(19(28)30-2)18(20(29)31-3)27(26-17)12-7-5-4-6-8-12/h4-10H,1-3H3. The normalized spacial score (nSPS) is 11.3. The molecule has 0 aliphatic heterocycles. The summed E-state index contributed by atoms with van der Waals surface area (Å²) in [5.74, 6) is -1.81. The first-order chi connectivity index (χ1) is 14.6. The van der Waals surface area contributed by atoms with Gasteiger partial charge in [-0.2, -0.15) is 18.3 Å². The molecule has 2 aromatic carbocycles. The van der Waals surface area contributed by atoms with Crippen LogP contribution in [0.15, 0.2) is 42.5 Å². The molecule has 3 aromatic rings. The highest BCUT2D eigenvalue weighted by atomic mass is 35.5. The predicted molar refractivity (Wildman–Crippen MR) is 106 cm³/mol. The minimum absolute atomic E-state index is 0.0346. The second-order valence-electron chi connectivity index (χ2n) is 6.40. The highest BCUT2D eigenvalue weighted by Crippen LogP contribution is 2.40. The summed E-state index contributed by atoms with van der Waals surface area (Å²) >= 11 is 6.26. The van der Waals surface area contributed by atoms with E-state index in [-0.39, 0.29) is 33.1 Å². The molecule has 0 N–H and O–H groups in total. The number of para-hydroxylation sites is 1. The number of hydrogen-bond donors (Lipinski definition) is 0. The van der Waals surface area contributed by atoms with Gasteiger partial charge in [-0.05, 0) is 30.7 Å². The van der Waals surface area contributed by atoms with Gasteiger partial charge in [0.15, 0.2) is 5.69 Å². The lowest BCUT2D eigenvalue weighted by Crippen LogP contribution is -2.15. The predicted octanol–water partition coefficient (Wildman–Crippen LogP) is 5.09. The van der Waals surface area contributed by atoms with E-state index in [0.29, 0.717) is 5.69 Å². The highest BCUT2D eigenvalue weighted by molar-refractivity contribution is 6.34. The Kier molecular flexibility index (Phi) is 6.08. The lowest BCUT2D eigenvalue weighted by Gasteiger charge is -2.14. The minimum atomic E-state index is -4.61. The molecule has 0 amide bonds. The zero-order valence-electron chi connectivity index (χ0n) is 16.6. The molecule has 0 spiro atoms. The van der Waals surface area contributed by atoms with Crippen LogP contribution in [0, 0.1) is 6.92 Å². The van der Waals surface area contributed by atoms with E-state index in [4.69, 9.17) is 21.1 Å². The van der Waals surface area contributed by atoms with Crippen LogP contribution in [0.4, 0.5) is 13.2 Å². The Morgan fingerprint density at radius 2 is 1.61 bits per heavy atom. The third-order valence-corrected chi connectivity index (χ3v) is 5.09. The van der Waals surface area contributed by atoms with Crippen molar-refractivity contribution in [3.63, 3.8) is 0 Å². The number of benzene rings is 2. The number of rotatable bonds is 4. The van der Waals surface area contributed by atoms with E-state index in [2.05, 4.69) is 5.10 Å². The molecule has 1 heterocycles. The van der Waals surface area contributed by atoms with Crippen molar-refractivity contribution in [1.82, 2.24) is 9.78 Å². The van der Waals surface area contributed by atoms with E-state index in [1.165, 1.54) is 6.92 Å². The molecule has 0 unspecified atom stereocenters. The zero-order chi connectivity index (χ0) is 22.9.